The van der Waals surface area contributed by atoms with Crippen LogP contribution in [-0.2, 0) is 9.57 Å². The summed E-state index contributed by atoms with van der Waals surface area (Å²) < 4.78 is 12.3. The number of hydrogen-bond acceptors (Lipinski definition) is 10. The van der Waals surface area contributed by atoms with E-state index in [1.165, 1.54) is 0 Å². The maximum Gasteiger partial charge on any atom is 0.357 e. The molecule has 0 saturated carbocycles. The standard InChI is InChI=1S/C28H31ClN6O4/c29-26-14-25(27(30)32-31-26)33-15-21-17-37-18-22(16-33)35(21)20-7-4-8-24(13-20)38-23-9-11-34(12-10-23)39-28(36)19-5-2-1-3-6-19/h1-8,13-14,21-23H,9-12,15-18H2,(H2,30,32)/t21-,22+. The molecule has 2 atom stereocenters. The number of carbonyl (C=O) groups excluding carboxylic acids is 1. The fourth-order valence-corrected chi connectivity index (χ4v) is 5.74. The predicted molar refractivity (Wildman–Crippen MR) is 148 cm³/mol. The highest BCUT2D eigenvalue weighted by Crippen LogP contribution is 2.34. The van der Waals surface area contributed by atoms with Gasteiger partial charge in [-0.05, 0) is 24.3 Å². The molecule has 0 unspecified atom stereocenters. The van der Waals surface area contributed by atoms with Gasteiger partial charge in [-0.1, -0.05) is 35.9 Å². The first kappa shape index (κ1) is 25.7. The number of hydroxylamine groups is 2. The van der Waals surface area contributed by atoms with Gasteiger partial charge in [0.25, 0.3) is 0 Å². The Hall–Kier alpha value is -3.60. The minimum atomic E-state index is -0.330. The molecule has 0 spiro atoms. The maximum absolute atomic E-state index is 12.4. The third-order valence-electron chi connectivity index (χ3n) is 7.42. The molecule has 4 heterocycles. The van der Waals surface area contributed by atoms with Crippen LogP contribution >= 0.6 is 11.6 Å². The lowest BCUT2D eigenvalue weighted by molar-refractivity contribution is -0.131. The van der Waals surface area contributed by atoms with Crippen molar-refractivity contribution >= 4 is 34.8 Å². The summed E-state index contributed by atoms with van der Waals surface area (Å²) in [6.45, 7) is 3.95. The van der Waals surface area contributed by atoms with Crippen LogP contribution in [0.1, 0.15) is 23.2 Å². The quantitative estimate of drug-likeness (QED) is 0.490. The molecule has 0 radical (unpaired) electrons. The molecule has 0 amide bonds. The molecule has 2 bridgehead atoms. The van der Waals surface area contributed by atoms with E-state index < -0.39 is 0 Å². The van der Waals surface area contributed by atoms with Crippen molar-refractivity contribution in [1.29, 1.82) is 0 Å². The van der Waals surface area contributed by atoms with Gasteiger partial charge in [-0.25, -0.2) is 4.79 Å². The summed E-state index contributed by atoms with van der Waals surface area (Å²) in [5.74, 6) is 0.884. The number of nitrogens with zero attached hydrogens (tertiary/aromatic N) is 5. The Morgan fingerprint density at radius 1 is 0.974 bits per heavy atom. The second-order valence-electron chi connectivity index (χ2n) is 10.1. The summed E-state index contributed by atoms with van der Waals surface area (Å²) in [6, 6.07) is 19.4. The van der Waals surface area contributed by atoms with Crippen LogP contribution in [-0.4, -0.2) is 78.8 Å². The minimum absolute atomic E-state index is 0.0542. The van der Waals surface area contributed by atoms with Gasteiger partial charge >= 0.3 is 5.97 Å². The van der Waals surface area contributed by atoms with Crippen LogP contribution in [0.5, 0.6) is 5.75 Å². The summed E-state index contributed by atoms with van der Waals surface area (Å²) in [4.78, 5) is 22.6. The van der Waals surface area contributed by atoms with Gasteiger partial charge in [-0.15, -0.1) is 15.3 Å². The zero-order valence-electron chi connectivity index (χ0n) is 21.5. The Balaban J connectivity index is 1.08. The fourth-order valence-electron chi connectivity index (χ4n) is 5.60. The van der Waals surface area contributed by atoms with Crippen LogP contribution in [0.2, 0.25) is 5.15 Å². The number of nitrogens with two attached hydrogens (primary N) is 1. The van der Waals surface area contributed by atoms with E-state index >= 15 is 0 Å². The molecule has 3 aliphatic rings. The average molecular weight is 551 g/mol. The number of ether oxygens (including phenoxy) is 2. The van der Waals surface area contributed by atoms with Crippen LogP contribution in [0.3, 0.4) is 0 Å². The van der Waals surface area contributed by atoms with Crippen LogP contribution in [0.4, 0.5) is 17.2 Å². The third kappa shape index (κ3) is 5.73. The van der Waals surface area contributed by atoms with E-state index in [2.05, 4.69) is 32.1 Å². The van der Waals surface area contributed by atoms with E-state index in [0.29, 0.717) is 42.8 Å². The average Bonchev–Trinajstić information content (AvgIpc) is 2.95. The number of benzene rings is 2. The molecule has 3 fully saturated rings. The molecule has 3 saturated heterocycles. The number of rotatable bonds is 6. The second kappa shape index (κ2) is 11.3. The van der Waals surface area contributed by atoms with E-state index in [9.17, 15) is 4.79 Å². The Morgan fingerprint density at radius 3 is 2.46 bits per heavy atom. The molecule has 1 aromatic heterocycles. The van der Waals surface area contributed by atoms with Gasteiger partial charge in [-0.2, -0.15) is 0 Å². The molecule has 10 nitrogen and oxygen atoms in total. The Kier molecular flexibility index (Phi) is 7.40. The van der Waals surface area contributed by atoms with Crippen molar-refractivity contribution in [2.75, 3.05) is 54.9 Å². The van der Waals surface area contributed by atoms with Crippen molar-refractivity contribution in [3.63, 3.8) is 0 Å². The molecular formula is C28H31ClN6O4. The predicted octanol–water partition coefficient (Wildman–Crippen LogP) is 3.42. The van der Waals surface area contributed by atoms with Crippen molar-refractivity contribution < 1.29 is 19.1 Å². The number of carbonyl (C=O) groups is 1. The molecule has 0 aliphatic carbocycles. The molecule has 39 heavy (non-hydrogen) atoms. The van der Waals surface area contributed by atoms with Gasteiger partial charge in [-0.3, -0.25) is 0 Å². The van der Waals surface area contributed by atoms with Gasteiger partial charge in [0.2, 0.25) is 0 Å². The molecule has 6 rings (SSSR count). The molecule has 11 heteroatoms. The van der Waals surface area contributed by atoms with Crippen molar-refractivity contribution in [2.45, 2.75) is 31.0 Å². The molecule has 204 valence electrons. The number of nitrogen functional groups attached to an aromatic ring is 1. The number of anilines is 3. The van der Waals surface area contributed by atoms with Crippen LogP contribution in [0.25, 0.3) is 0 Å². The number of piperidine rings is 1. The second-order valence-corrected chi connectivity index (χ2v) is 10.5. The Bertz CT molecular complexity index is 1290. The fraction of sp³-hybridized carbons (Fsp3) is 0.393. The van der Waals surface area contributed by atoms with Crippen LogP contribution in [0, 0.1) is 0 Å². The largest absolute Gasteiger partial charge is 0.490 e. The number of piperazine rings is 1. The Morgan fingerprint density at radius 2 is 1.72 bits per heavy atom. The van der Waals surface area contributed by atoms with Crippen molar-refractivity contribution in [1.82, 2.24) is 15.3 Å². The molecule has 3 aliphatic heterocycles. The number of halogens is 1. The van der Waals surface area contributed by atoms with Gasteiger partial charge in [0.15, 0.2) is 11.0 Å². The normalized spacial score (nSPS) is 22.0. The highest BCUT2D eigenvalue weighted by molar-refractivity contribution is 6.29. The first-order valence-corrected chi connectivity index (χ1v) is 13.6. The molecule has 2 N–H and O–H groups in total. The third-order valence-corrected chi connectivity index (χ3v) is 7.61. The van der Waals surface area contributed by atoms with E-state index in [-0.39, 0.29) is 24.2 Å². The topological polar surface area (TPSA) is 106 Å². The number of morpholine rings is 1. The summed E-state index contributed by atoms with van der Waals surface area (Å²) in [5.41, 5.74) is 8.59. The smallest absolute Gasteiger partial charge is 0.357 e. The first-order chi connectivity index (χ1) is 19.0. The minimum Gasteiger partial charge on any atom is -0.490 e. The Labute approximate surface area is 232 Å². The van der Waals surface area contributed by atoms with Crippen molar-refractivity contribution in [2.24, 2.45) is 0 Å². The summed E-state index contributed by atoms with van der Waals surface area (Å²) in [7, 11) is 0. The summed E-state index contributed by atoms with van der Waals surface area (Å²) in [5, 5.41) is 9.89. The number of aromatic nitrogens is 2. The number of fused-ring (bicyclic) bond motifs is 2. The van der Waals surface area contributed by atoms with Gasteiger partial charge in [0.1, 0.15) is 11.9 Å². The lowest BCUT2D eigenvalue weighted by atomic mass is 10.0. The lowest BCUT2D eigenvalue weighted by Gasteiger charge is -2.51. The molecular weight excluding hydrogens is 520 g/mol. The highest BCUT2D eigenvalue weighted by atomic mass is 35.5. The first-order valence-electron chi connectivity index (χ1n) is 13.2. The van der Waals surface area contributed by atoms with Crippen molar-refractivity contribution in [3.8, 4) is 5.75 Å². The summed E-state index contributed by atoms with van der Waals surface area (Å²) in [6.07, 6.45) is 1.60. The van der Waals surface area contributed by atoms with Gasteiger partial charge < -0.3 is 29.8 Å². The van der Waals surface area contributed by atoms with Gasteiger partial charge in [0, 0.05) is 56.8 Å². The zero-order valence-corrected chi connectivity index (χ0v) is 22.2. The monoisotopic (exact) mass is 550 g/mol. The van der Waals surface area contributed by atoms with Crippen molar-refractivity contribution in [3.05, 3.63) is 71.4 Å². The SMILES string of the molecule is Nc1nnc(Cl)cc1N1C[C@H]2COC[C@@H](C1)N2c1cccc(OC2CCN(OC(=O)c3ccccc3)CC2)c1. The van der Waals surface area contributed by atoms with E-state index in [4.69, 9.17) is 31.6 Å². The van der Waals surface area contributed by atoms with Crippen LogP contribution in [0.15, 0.2) is 60.7 Å². The van der Waals surface area contributed by atoms with Gasteiger partial charge in [0.05, 0.1) is 36.5 Å². The lowest BCUT2D eigenvalue weighted by Crippen LogP contribution is -2.65. The maximum atomic E-state index is 12.4. The summed E-state index contributed by atoms with van der Waals surface area (Å²) >= 11 is 6.10. The van der Waals surface area contributed by atoms with E-state index in [1.807, 2.05) is 30.3 Å². The number of hydrogen-bond donors (Lipinski definition) is 1. The highest BCUT2D eigenvalue weighted by Gasteiger charge is 2.39. The van der Waals surface area contributed by atoms with E-state index in [1.54, 1.807) is 23.3 Å². The van der Waals surface area contributed by atoms with Crippen LogP contribution < -0.4 is 20.3 Å². The zero-order chi connectivity index (χ0) is 26.8. The van der Waals surface area contributed by atoms with E-state index in [0.717, 1.165) is 43.1 Å². The molecule has 3 aromatic rings. The molecule has 2 aromatic carbocycles.